The lowest BCUT2D eigenvalue weighted by atomic mass is 9.99. The second-order valence-corrected chi connectivity index (χ2v) is 5.46. The molecule has 0 saturated heterocycles. The summed E-state index contributed by atoms with van der Waals surface area (Å²) in [5.74, 6) is 0. The average Bonchev–Trinajstić information content (AvgIpc) is 2.54. The van der Waals surface area contributed by atoms with Gasteiger partial charge >= 0.3 is 0 Å². The van der Waals surface area contributed by atoms with Gasteiger partial charge in [0.2, 0.25) is 0 Å². The normalized spacial score (nSPS) is 12.5. The van der Waals surface area contributed by atoms with E-state index in [-0.39, 0.29) is 6.04 Å². The van der Waals surface area contributed by atoms with E-state index in [4.69, 9.17) is 10.7 Å². The molecule has 2 N–H and O–H groups in total. The van der Waals surface area contributed by atoms with Gasteiger partial charge in [-0.2, -0.15) is 0 Å². The first-order chi connectivity index (χ1) is 10.2. The monoisotopic (exact) mass is 276 g/mol. The number of aromatic nitrogens is 1. The smallest absolute Gasteiger partial charge is 0.0726 e. The van der Waals surface area contributed by atoms with Crippen molar-refractivity contribution in [1.29, 1.82) is 0 Å². The molecule has 0 aliphatic heterocycles. The first-order valence-electron chi connectivity index (χ1n) is 7.39. The molecule has 0 aliphatic rings. The number of hydrogen-bond donors (Lipinski definition) is 1. The number of pyridine rings is 1. The van der Waals surface area contributed by atoms with Gasteiger partial charge in [-0.05, 0) is 42.2 Å². The number of nitrogens with zero attached hydrogens (tertiary/aromatic N) is 1. The molecule has 2 aromatic carbocycles. The number of aryl methyl sites for hydroxylation is 2. The van der Waals surface area contributed by atoms with Gasteiger partial charge in [0.15, 0.2) is 0 Å². The number of hydrogen-bond acceptors (Lipinski definition) is 2. The van der Waals surface area contributed by atoms with Crippen molar-refractivity contribution in [3.8, 4) is 0 Å². The summed E-state index contributed by atoms with van der Waals surface area (Å²) in [7, 11) is 0. The van der Waals surface area contributed by atoms with Gasteiger partial charge in [0.25, 0.3) is 0 Å². The van der Waals surface area contributed by atoms with Crippen LogP contribution in [0.25, 0.3) is 10.9 Å². The van der Waals surface area contributed by atoms with Gasteiger partial charge in [0.1, 0.15) is 0 Å². The third-order valence-electron chi connectivity index (χ3n) is 3.98. The predicted molar refractivity (Wildman–Crippen MR) is 88.3 cm³/mol. The quantitative estimate of drug-likeness (QED) is 0.780. The lowest BCUT2D eigenvalue weighted by Crippen LogP contribution is -2.14. The van der Waals surface area contributed by atoms with E-state index in [1.54, 1.807) is 0 Å². The summed E-state index contributed by atoms with van der Waals surface area (Å²) in [6.07, 6.45) is 1.02. The van der Waals surface area contributed by atoms with Gasteiger partial charge in [-0.25, -0.2) is 0 Å². The molecule has 106 valence electrons. The molecule has 1 unspecified atom stereocenters. The van der Waals surface area contributed by atoms with Crippen LogP contribution in [0, 0.1) is 6.92 Å². The molecule has 0 fully saturated rings. The zero-order valence-corrected chi connectivity index (χ0v) is 12.5. The predicted octanol–water partition coefficient (Wildman–Crippen LogP) is 4.15. The number of nitrogens with two attached hydrogens (primary N) is 1. The summed E-state index contributed by atoms with van der Waals surface area (Å²) >= 11 is 0. The summed E-state index contributed by atoms with van der Waals surface area (Å²) in [4.78, 5) is 4.74. The van der Waals surface area contributed by atoms with Crippen LogP contribution in [0.3, 0.4) is 0 Å². The van der Waals surface area contributed by atoms with Gasteiger partial charge in [0.05, 0.1) is 17.3 Å². The molecule has 3 aromatic rings. The second kappa shape index (κ2) is 5.66. The summed E-state index contributed by atoms with van der Waals surface area (Å²) < 4.78 is 0. The van der Waals surface area contributed by atoms with E-state index >= 15 is 0 Å². The second-order valence-electron chi connectivity index (χ2n) is 5.46. The Kier molecular flexibility index (Phi) is 3.72. The standard InChI is InChI=1S/C19H20N2/c1-3-14-7-6-8-15(12-14)19(20)18-11-13(2)16-9-4-5-10-17(16)21-18/h4-12,19H,3,20H2,1-2H3. The van der Waals surface area contributed by atoms with Gasteiger partial charge in [-0.1, -0.05) is 49.4 Å². The zero-order chi connectivity index (χ0) is 14.8. The molecule has 0 radical (unpaired) electrons. The Bertz CT molecular complexity index is 777. The molecule has 1 heterocycles. The highest BCUT2D eigenvalue weighted by atomic mass is 14.8. The van der Waals surface area contributed by atoms with Crippen LogP contribution in [0.5, 0.6) is 0 Å². The Morgan fingerprint density at radius 2 is 1.86 bits per heavy atom. The topological polar surface area (TPSA) is 38.9 Å². The number of fused-ring (bicyclic) bond motifs is 1. The van der Waals surface area contributed by atoms with E-state index < -0.39 is 0 Å². The minimum Gasteiger partial charge on any atom is -0.319 e. The molecule has 2 nitrogen and oxygen atoms in total. The largest absolute Gasteiger partial charge is 0.319 e. The van der Waals surface area contributed by atoms with Crippen LogP contribution in [-0.2, 0) is 6.42 Å². The van der Waals surface area contributed by atoms with Crippen LogP contribution < -0.4 is 5.73 Å². The Hall–Kier alpha value is -2.19. The lowest BCUT2D eigenvalue weighted by Gasteiger charge is -2.15. The number of rotatable bonds is 3. The third kappa shape index (κ3) is 2.67. The molecular formula is C19H20N2. The molecule has 21 heavy (non-hydrogen) atoms. The summed E-state index contributed by atoms with van der Waals surface area (Å²) in [6, 6.07) is 18.6. The highest BCUT2D eigenvalue weighted by Gasteiger charge is 2.12. The van der Waals surface area contributed by atoms with Gasteiger partial charge in [-0.15, -0.1) is 0 Å². The highest BCUT2D eigenvalue weighted by molar-refractivity contribution is 5.82. The van der Waals surface area contributed by atoms with E-state index in [2.05, 4.69) is 50.2 Å². The molecule has 0 saturated carbocycles. The van der Waals surface area contributed by atoms with Gasteiger partial charge in [0, 0.05) is 5.39 Å². The molecule has 2 heteroatoms. The Morgan fingerprint density at radius 1 is 1.05 bits per heavy atom. The Labute approximate surface area is 125 Å². The Morgan fingerprint density at radius 3 is 2.67 bits per heavy atom. The van der Waals surface area contributed by atoms with E-state index in [1.807, 2.05) is 18.2 Å². The minimum atomic E-state index is -0.181. The van der Waals surface area contributed by atoms with Crippen molar-refractivity contribution >= 4 is 10.9 Å². The Balaban J connectivity index is 2.06. The average molecular weight is 276 g/mol. The van der Waals surface area contributed by atoms with Crippen LogP contribution in [-0.4, -0.2) is 4.98 Å². The molecule has 1 aromatic heterocycles. The lowest BCUT2D eigenvalue weighted by molar-refractivity contribution is 0.831. The molecule has 0 bridgehead atoms. The molecule has 0 aliphatic carbocycles. The van der Waals surface area contributed by atoms with Crippen molar-refractivity contribution in [2.45, 2.75) is 26.3 Å². The third-order valence-corrected chi connectivity index (χ3v) is 3.98. The first-order valence-corrected chi connectivity index (χ1v) is 7.39. The fourth-order valence-corrected chi connectivity index (χ4v) is 2.71. The van der Waals surface area contributed by atoms with Gasteiger partial charge < -0.3 is 5.73 Å². The summed E-state index contributed by atoms with van der Waals surface area (Å²) in [5, 5.41) is 1.19. The SMILES string of the molecule is CCc1cccc(C(N)c2cc(C)c3ccccc3n2)c1. The highest BCUT2D eigenvalue weighted by Crippen LogP contribution is 2.24. The van der Waals surface area contributed by atoms with E-state index in [1.165, 1.54) is 16.5 Å². The fourth-order valence-electron chi connectivity index (χ4n) is 2.71. The van der Waals surface area contributed by atoms with Crippen molar-refractivity contribution in [1.82, 2.24) is 4.98 Å². The van der Waals surface area contributed by atoms with Crippen LogP contribution in [0.4, 0.5) is 0 Å². The van der Waals surface area contributed by atoms with Crippen molar-refractivity contribution in [3.63, 3.8) is 0 Å². The number of benzene rings is 2. The van der Waals surface area contributed by atoms with Crippen LogP contribution in [0.15, 0.2) is 54.6 Å². The summed E-state index contributed by atoms with van der Waals surface area (Å²) in [6.45, 7) is 4.27. The van der Waals surface area contributed by atoms with Crippen molar-refractivity contribution < 1.29 is 0 Å². The number of para-hydroxylation sites is 1. The molecule has 1 atom stereocenters. The van der Waals surface area contributed by atoms with E-state index in [0.29, 0.717) is 0 Å². The van der Waals surface area contributed by atoms with Gasteiger partial charge in [-0.3, -0.25) is 4.98 Å². The van der Waals surface area contributed by atoms with E-state index in [0.717, 1.165) is 23.2 Å². The van der Waals surface area contributed by atoms with Crippen LogP contribution >= 0.6 is 0 Å². The first kappa shape index (κ1) is 13.8. The molecule has 0 spiro atoms. The van der Waals surface area contributed by atoms with Crippen molar-refractivity contribution in [2.24, 2.45) is 5.73 Å². The minimum absolute atomic E-state index is 0.181. The van der Waals surface area contributed by atoms with Crippen molar-refractivity contribution in [2.75, 3.05) is 0 Å². The maximum atomic E-state index is 6.44. The molecule has 0 amide bonds. The zero-order valence-electron chi connectivity index (χ0n) is 12.5. The van der Waals surface area contributed by atoms with Crippen molar-refractivity contribution in [3.05, 3.63) is 77.0 Å². The maximum Gasteiger partial charge on any atom is 0.0726 e. The maximum absolute atomic E-state index is 6.44. The van der Waals surface area contributed by atoms with E-state index in [9.17, 15) is 0 Å². The molecule has 3 rings (SSSR count). The summed E-state index contributed by atoms with van der Waals surface area (Å²) in [5.41, 5.74) is 12.0. The molecular weight excluding hydrogens is 256 g/mol. The van der Waals surface area contributed by atoms with Crippen LogP contribution in [0.2, 0.25) is 0 Å². The fraction of sp³-hybridized carbons (Fsp3) is 0.211. The van der Waals surface area contributed by atoms with Crippen LogP contribution in [0.1, 0.15) is 35.3 Å².